The van der Waals surface area contributed by atoms with E-state index in [1.807, 2.05) is 18.3 Å². The third-order valence-corrected chi connectivity index (χ3v) is 2.96. The minimum atomic E-state index is 0.0840. The number of alkyl halides is 1. The van der Waals surface area contributed by atoms with Crippen LogP contribution in [-0.2, 0) is 11.2 Å². The lowest BCUT2D eigenvalue weighted by atomic mass is 10.0. The summed E-state index contributed by atoms with van der Waals surface area (Å²) in [5.74, 6) is 0.763. The maximum Gasteiger partial charge on any atom is 0.224 e. The Hall–Kier alpha value is -1.35. The Kier molecular flexibility index (Phi) is 4.15. The molecule has 0 spiro atoms. The lowest BCUT2D eigenvalue weighted by molar-refractivity contribution is -0.116. The van der Waals surface area contributed by atoms with Gasteiger partial charge in [0.15, 0.2) is 0 Å². The van der Waals surface area contributed by atoms with Gasteiger partial charge in [-0.15, -0.1) is 11.6 Å². The number of anilines is 1. The molecule has 2 rings (SSSR count). The maximum atomic E-state index is 11.3. The third kappa shape index (κ3) is 3.30. The molecule has 17 heavy (non-hydrogen) atoms. The summed E-state index contributed by atoms with van der Waals surface area (Å²) in [6.07, 6.45) is 9.13. The first kappa shape index (κ1) is 12.1. The Bertz CT molecular complexity index is 443. The molecule has 2 heterocycles. The van der Waals surface area contributed by atoms with Crippen LogP contribution in [-0.4, -0.2) is 16.8 Å². The number of aryl methyl sites for hydroxylation is 1. The van der Waals surface area contributed by atoms with E-state index in [-0.39, 0.29) is 5.91 Å². The topological polar surface area (TPSA) is 42.0 Å². The van der Waals surface area contributed by atoms with E-state index in [0.29, 0.717) is 12.3 Å². The summed E-state index contributed by atoms with van der Waals surface area (Å²) < 4.78 is 0. The number of halogens is 1. The minimum absolute atomic E-state index is 0.0840. The zero-order valence-corrected chi connectivity index (χ0v) is 10.3. The molecule has 0 unspecified atom stereocenters. The Morgan fingerprint density at radius 1 is 1.47 bits per heavy atom. The second kappa shape index (κ2) is 5.82. The van der Waals surface area contributed by atoms with Gasteiger partial charge in [-0.1, -0.05) is 6.08 Å². The normalized spacial score (nSPS) is 14.8. The summed E-state index contributed by atoms with van der Waals surface area (Å²) in [5, 5.41) is 2.87. The highest BCUT2D eigenvalue weighted by Gasteiger charge is 2.14. The van der Waals surface area contributed by atoms with Crippen molar-refractivity contribution in [3.8, 4) is 0 Å². The quantitative estimate of drug-likeness (QED) is 0.659. The fourth-order valence-corrected chi connectivity index (χ4v) is 1.92. The van der Waals surface area contributed by atoms with Crippen molar-refractivity contribution in [1.82, 2.24) is 4.98 Å². The van der Waals surface area contributed by atoms with Gasteiger partial charge in [-0.2, -0.15) is 0 Å². The molecule has 1 aromatic heterocycles. The minimum Gasteiger partial charge on any atom is -0.326 e. The van der Waals surface area contributed by atoms with Crippen molar-refractivity contribution >= 4 is 29.3 Å². The first-order valence-corrected chi connectivity index (χ1v) is 6.34. The van der Waals surface area contributed by atoms with Crippen LogP contribution in [0.15, 0.2) is 18.3 Å². The maximum absolute atomic E-state index is 11.3. The van der Waals surface area contributed by atoms with Gasteiger partial charge in [-0.05, 0) is 37.0 Å². The van der Waals surface area contributed by atoms with Crippen LogP contribution in [0.3, 0.4) is 0 Å². The van der Waals surface area contributed by atoms with Gasteiger partial charge >= 0.3 is 0 Å². The van der Waals surface area contributed by atoms with Crippen molar-refractivity contribution in [3.63, 3.8) is 0 Å². The van der Waals surface area contributed by atoms with Crippen molar-refractivity contribution in [2.45, 2.75) is 25.7 Å². The van der Waals surface area contributed by atoms with E-state index in [2.05, 4.69) is 16.4 Å². The average Bonchev–Trinajstić information content (AvgIpc) is 2.34. The van der Waals surface area contributed by atoms with Gasteiger partial charge in [0.25, 0.3) is 0 Å². The second-order valence-electron chi connectivity index (χ2n) is 4.05. The van der Waals surface area contributed by atoms with Gasteiger partial charge in [0.2, 0.25) is 5.91 Å². The number of fused-ring (bicyclic) bond motifs is 1. The van der Waals surface area contributed by atoms with Gasteiger partial charge in [-0.25, -0.2) is 0 Å². The Morgan fingerprint density at radius 2 is 2.35 bits per heavy atom. The summed E-state index contributed by atoms with van der Waals surface area (Å²) in [4.78, 5) is 15.6. The van der Waals surface area contributed by atoms with Crippen LogP contribution in [0.5, 0.6) is 0 Å². The number of nitrogens with one attached hydrogen (secondary N) is 1. The van der Waals surface area contributed by atoms with Crippen LogP contribution in [0.2, 0.25) is 0 Å². The third-order valence-electron chi connectivity index (χ3n) is 2.70. The van der Waals surface area contributed by atoms with E-state index in [1.54, 1.807) is 0 Å². The molecule has 1 amide bonds. The van der Waals surface area contributed by atoms with Crippen molar-refractivity contribution in [2.75, 3.05) is 11.2 Å². The van der Waals surface area contributed by atoms with E-state index < -0.39 is 0 Å². The molecule has 0 atom stereocenters. The highest BCUT2D eigenvalue weighted by Crippen LogP contribution is 2.22. The van der Waals surface area contributed by atoms with Gasteiger partial charge in [0, 0.05) is 24.2 Å². The average molecular weight is 251 g/mol. The molecule has 1 aliphatic rings. The van der Waals surface area contributed by atoms with Gasteiger partial charge in [-0.3, -0.25) is 9.78 Å². The molecular weight excluding hydrogens is 236 g/mol. The summed E-state index contributed by atoms with van der Waals surface area (Å²) in [6, 6.07) is 1.92. The van der Waals surface area contributed by atoms with E-state index in [4.69, 9.17) is 11.6 Å². The van der Waals surface area contributed by atoms with Gasteiger partial charge in [0.05, 0.1) is 5.69 Å². The molecule has 3 nitrogen and oxygen atoms in total. The van der Waals surface area contributed by atoms with E-state index >= 15 is 0 Å². The number of unbranched alkanes of at least 4 members (excludes halogenated alkanes) is 1. The second-order valence-corrected chi connectivity index (χ2v) is 4.43. The van der Waals surface area contributed by atoms with E-state index in [9.17, 15) is 4.79 Å². The summed E-state index contributed by atoms with van der Waals surface area (Å²) in [6.45, 7) is 0. The van der Waals surface area contributed by atoms with Gasteiger partial charge < -0.3 is 5.32 Å². The Balaban J connectivity index is 2.07. The van der Waals surface area contributed by atoms with Gasteiger partial charge in [0.1, 0.15) is 0 Å². The fraction of sp³-hybridized carbons (Fsp3) is 0.385. The number of amides is 1. The van der Waals surface area contributed by atoms with Crippen LogP contribution in [0.4, 0.5) is 5.69 Å². The highest BCUT2D eigenvalue weighted by molar-refractivity contribution is 6.17. The number of aromatic nitrogens is 1. The highest BCUT2D eigenvalue weighted by atomic mass is 35.5. The molecule has 0 fully saturated rings. The van der Waals surface area contributed by atoms with Crippen LogP contribution < -0.4 is 5.32 Å². The molecule has 1 aromatic rings. The predicted octanol–water partition coefficient (Wildman–Crippen LogP) is 3.00. The van der Waals surface area contributed by atoms with Crippen molar-refractivity contribution in [1.29, 1.82) is 0 Å². The Morgan fingerprint density at radius 3 is 3.18 bits per heavy atom. The SMILES string of the molecule is O=C1CCc2cnc(C=CCCCCl)cc2N1. The monoisotopic (exact) mass is 250 g/mol. The van der Waals surface area contributed by atoms with E-state index in [0.717, 1.165) is 36.2 Å². The predicted molar refractivity (Wildman–Crippen MR) is 70.2 cm³/mol. The molecule has 0 saturated heterocycles. The number of hydrogen-bond donors (Lipinski definition) is 1. The zero-order valence-electron chi connectivity index (χ0n) is 9.58. The summed E-state index contributed by atoms with van der Waals surface area (Å²) in [7, 11) is 0. The molecule has 0 bridgehead atoms. The molecule has 1 N–H and O–H groups in total. The zero-order chi connectivity index (χ0) is 12.1. The van der Waals surface area contributed by atoms with Crippen molar-refractivity contribution < 1.29 is 4.79 Å². The molecule has 1 aliphatic heterocycles. The number of hydrogen-bond acceptors (Lipinski definition) is 2. The molecule has 0 aromatic carbocycles. The summed E-state index contributed by atoms with van der Waals surface area (Å²) >= 11 is 5.60. The number of pyridine rings is 1. The molecule has 90 valence electrons. The number of carbonyl (C=O) groups is 1. The number of carbonyl (C=O) groups excluding carboxylic acids is 1. The molecule has 4 heteroatoms. The Labute approximate surface area is 106 Å². The number of nitrogens with zero attached hydrogens (tertiary/aromatic N) is 1. The summed E-state index contributed by atoms with van der Waals surface area (Å²) in [5.41, 5.74) is 2.89. The molecule has 0 aliphatic carbocycles. The lowest BCUT2D eigenvalue weighted by Crippen LogP contribution is -2.19. The van der Waals surface area contributed by atoms with Crippen molar-refractivity contribution in [2.24, 2.45) is 0 Å². The molecular formula is C13H15ClN2O. The van der Waals surface area contributed by atoms with Crippen molar-refractivity contribution in [3.05, 3.63) is 29.6 Å². The van der Waals surface area contributed by atoms with Crippen LogP contribution in [0.1, 0.15) is 30.5 Å². The van der Waals surface area contributed by atoms with Crippen LogP contribution in [0.25, 0.3) is 6.08 Å². The molecule has 0 radical (unpaired) electrons. The van der Waals surface area contributed by atoms with Crippen LogP contribution >= 0.6 is 11.6 Å². The first-order chi connectivity index (χ1) is 8.29. The largest absolute Gasteiger partial charge is 0.326 e. The lowest BCUT2D eigenvalue weighted by Gasteiger charge is -2.16. The van der Waals surface area contributed by atoms with Crippen LogP contribution in [0, 0.1) is 0 Å². The fourth-order valence-electron chi connectivity index (χ4n) is 1.77. The number of rotatable bonds is 4. The molecule has 0 saturated carbocycles. The smallest absolute Gasteiger partial charge is 0.224 e. The first-order valence-electron chi connectivity index (χ1n) is 5.81. The number of allylic oxidation sites excluding steroid dienone is 1. The van der Waals surface area contributed by atoms with E-state index in [1.165, 1.54) is 0 Å². The standard InChI is InChI=1S/C13H15ClN2O/c14-7-3-1-2-4-11-8-12-10(9-15-11)5-6-13(17)16-12/h2,4,8-9H,1,3,5-7H2,(H,16,17).